The Morgan fingerprint density at radius 2 is 2.04 bits per heavy atom. The van der Waals surface area contributed by atoms with Crippen molar-refractivity contribution in [1.29, 1.82) is 0 Å². The third-order valence-electron chi connectivity index (χ3n) is 4.22. The highest BCUT2D eigenvalue weighted by Gasteiger charge is 2.22. The minimum Gasteiger partial charge on any atom is -0.480 e. The lowest BCUT2D eigenvalue weighted by Gasteiger charge is -2.09. The molecule has 1 aliphatic rings. The van der Waals surface area contributed by atoms with Crippen LogP contribution in [0.2, 0.25) is 0 Å². The van der Waals surface area contributed by atoms with E-state index in [-0.39, 0.29) is 6.54 Å². The first kappa shape index (κ1) is 15.1. The number of carbonyl (C=O) groups is 1. The summed E-state index contributed by atoms with van der Waals surface area (Å²) in [5, 5.41) is 13.0. The molecule has 0 fully saturated rings. The topological polar surface area (TPSA) is 75.1 Å². The predicted octanol–water partition coefficient (Wildman–Crippen LogP) is 3.27. The van der Waals surface area contributed by atoms with E-state index < -0.39 is 5.97 Å². The Hall–Kier alpha value is -2.47. The summed E-state index contributed by atoms with van der Waals surface area (Å²) in [6.07, 6.45) is 3.91. The minimum atomic E-state index is -0.891. The van der Waals surface area contributed by atoms with Crippen LogP contribution in [-0.4, -0.2) is 27.6 Å². The van der Waals surface area contributed by atoms with Gasteiger partial charge < -0.3 is 10.4 Å². The van der Waals surface area contributed by atoms with Gasteiger partial charge in [0.2, 0.25) is 0 Å². The van der Waals surface area contributed by atoms with E-state index in [0.717, 1.165) is 40.9 Å². The third kappa shape index (κ3) is 2.85. The lowest BCUT2D eigenvalue weighted by atomic mass is 10.1. The maximum Gasteiger partial charge on any atom is 0.322 e. The number of aromatic nitrogens is 2. The molecule has 1 aromatic carbocycles. The first-order valence-electron chi connectivity index (χ1n) is 8.01. The van der Waals surface area contributed by atoms with Gasteiger partial charge in [-0.15, -0.1) is 11.3 Å². The normalized spacial score (nSPS) is 13.2. The Morgan fingerprint density at radius 3 is 2.83 bits per heavy atom. The molecule has 1 aliphatic carbocycles. The average molecular weight is 339 g/mol. The number of hydrogen-bond acceptors (Lipinski definition) is 5. The Bertz CT molecular complexity index is 906. The molecule has 5 nitrogen and oxygen atoms in total. The Balaban J connectivity index is 1.77. The van der Waals surface area contributed by atoms with Gasteiger partial charge in [0.1, 0.15) is 23.0 Å². The largest absolute Gasteiger partial charge is 0.480 e. The van der Waals surface area contributed by atoms with Crippen LogP contribution in [0.1, 0.15) is 28.2 Å². The van der Waals surface area contributed by atoms with E-state index in [2.05, 4.69) is 10.3 Å². The lowest BCUT2D eigenvalue weighted by molar-refractivity contribution is -0.134. The van der Waals surface area contributed by atoms with Crippen LogP contribution < -0.4 is 5.32 Å². The van der Waals surface area contributed by atoms with E-state index in [4.69, 9.17) is 10.1 Å². The number of carboxylic acids is 1. The molecule has 0 amide bonds. The molecule has 0 spiro atoms. The van der Waals surface area contributed by atoms with Gasteiger partial charge in [0, 0.05) is 11.3 Å². The summed E-state index contributed by atoms with van der Waals surface area (Å²) >= 11 is 1.72. The first-order chi connectivity index (χ1) is 11.7. The fraction of sp³-hybridized carbons (Fsp3) is 0.278. The van der Waals surface area contributed by atoms with Crippen LogP contribution >= 0.6 is 11.3 Å². The molecule has 2 N–H and O–H groups in total. The Kier molecular flexibility index (Phi) is 3.90. The maximum absolute atomic E-state index is 11.0. The smallest absolute Gasteiger partial charge is 0.322 e. The molecular weight excluding hydrogens is 322 g/mol. The molecule has 6 heteroatoms. The van der Waals surface area contributed by atoms with Crippen molar-refractivity contribution in [3.05, 3.63) is 52.2 Å². The van der Waals surface area contributed by atoms with Gasteiger partial charge in [-0.1, -0.05) is 30.3 Å². The summed E-state index contributed by atoms with van der Waals surface area (Å²) in [4.78, 5) is 22.7. The minimum absolute atomic E-state index is 0.137. The van der Waals surface area contributed by atoms with Gasteiger partial charge in [-0.25, -0.2) is 9.97 Å². The number of benzene rings is 1. The molecule has 2 heterocycles. The summed E-state index contributed by atoms with van der Waals surface area (Å²) in [6, 6.07) is 10.1. The molecule has 0 bridgehead atoms. The maximum atomic E-state index is 11.0. The van der Waals surface area contributed by atoms with Gasteiger partial charge in [0.15, 0.2) is 0 Å². The van der Waals surface area contributed by atoms with Crippen LogP contribution in [0.3, 0.4) is 0 Å². The number of rotatable bonds is 5. The molecule has 0 unspecified atom stereocenters. The Morgan fingerprint density at radius 1 is 1.21 bits per heavy atom. The molecule has 4 rings (SSSR count). The molecule has 0 radical (unpaired) electrons. The van der Waals surface area contributed by atoms with E-state index in [1.54, 1.807) is 11.3 Å². The van der Waals surface area contributed by atoms with Crippen molar-refractivity contribution >= 4 is 33.3 Å². The van der Waals surface area contributed by atoms with Crippen molar-refractivity contribution in [2.75, 3.05) is 11.9 Å². The number of aliphatic carboxylic acids is 1. The summed E-state index contributed by atoms with van der Waals surface area (Å²) in [7, 11) is 0. The van der Waals surface area contributed by atoms with Crippen molar-refractivity contribution in [3.63, 3.8) is 0 Å². The number of carboxylic acid groups (broad SMARTS) is 1. The van der Waals surface area contributed by atoms with Gasteiger partial charge in [-0.2, -0.15) is 0 Å². The van der Waals surface area contributed by atoms with Crippen molar-refractivity contribution in [2.24, 2.45) is 0 Å². The molecule has 122 valence electrons. The average Bonchev–Trinajstić information content (AvgIpc) is 3.14. The SMILES string of the molecule is O=C(O)CNc1nc(Cc2ccccc2)nc2sc3c(c12)CCC3. The fourth-order valence-electron chi connectivity index (χ4n) is 3.18. The quantitative estimate of drug-likeness (QED) is 0.746. The third-order valence-corrected chi connectivity index (χ3v) is 5.41. The number of thiophene rings is 1. The second-order valence-electron chi connectivity index (χ2n) is 5.94. The predicted molar refractivity (Wildman–Crippen MR) is 94.8 cm³/mol. The zero-order valence-corrected chi connectivity index (χ0v) is 13.9. The zero-order valence-electron chi connectivity index (χ0n) is 13.1. The van der Waals surface area contributed by atoms with Crippen LogP contribution in [-0.2, 0) is 24.1 Å². The van der Waals surface area contributed by atoms with Gasteiger partial charge in [-0.3, -0.25) is 4.79 Å². The highest BCUT2D eigenvalue weighted by Crippen LogP contribution is 2.39. The number of anilines is 1. The highest BCUT2D eigenvalue weighted by molar-refractivity contribution is 7.19. The zero-order chi connectivity index (χ0) is 16.5. The fourth-order valence-corrected chi connectivity index (χ4v) is 4.46. The number of fused-ring (bicyclic) bond motifs is 3. The van der Waals surface area contributed by atoms with Crippen LogP contribution in [0.25, 0.3) is 10.2 Å². The standard InChI is InChI=1S/C18H17N3O2S/c22-15(23)10-19-17-16-12-7-4-8-13(12)24-18(16)21-14(20-17)9-11-5-2-1-3-6-11/h1-3,5-6H,4,7-10H2,(H,22,23)(H,19,20,21). The van der Waals surface area contributed by atoms with E-state index in [1.165, 1.54) is 10.4 Å². The lowest BCUT2D eigenvalue weighted by Crippen LogP contribution is -2.14. The van der Waals surface area contributed by atoms with Gasteiger partial charge in [0.05, 0.1) is 5.39 Å². The van der Waals surface area contributed by atoms with E-state index >= 15 is 0 Å². The molecule has 0 atom stereocenters. The number of nitrogens with one attached hydrogen (secondary N) is 1. The van der Waals surface area contributed by atoms with Crippen LogP contribution in [0.15, 0.2) is 30.3 Å². The highest BCUT2D eigenvalue weighted by atomic mass is 32.1. The molecule has 0 saturated carbocycles. The van der Waals surface area contributed by atoms with Crippen molar-refractivity contribution in [2.45, 2.75) is 25.7 Å². The van der Waals surface area contributed by atoms with Crippen molar-refractivity contribution in [3.8, 4) is 0 Å². The van der Waals surface area contributed by atoms with Crippen LogP contribution in [0.4, 0.5) is 5.82 Å². The summed E-state index contributed by atoms with van der Waals surface area (Å²) in [5.41, 5.74) is 2.44. The van der Waals surface area contributed by atoms with E-state index in [0.29, 0.717) is 12.2 Å². The van der Waals surface area contributed by atoms with E-state index in [9.17, 15) is 4.79 Å². The van der Waals surface area contributed by atoms with Crippen LogP contribution in [0, 0.1) is 0 Å². The molecular formula is C18H17N3O2S. The first-order valence-corrected chi connectivity index (χ1v) is 8.83. The summed E-state index contributed by atoms with van der Waals surface area (Å²) < 4.78 is 0. The summed E-state index contributed by atoms with van der Waals surface area (Å²) in [6.45, 7) is -0.137. The molecule has 0 saturated heterocycles. The van der Waals surface area contributed by atoms with E-state index in [1.807, 2.05) is 30.3 Å². The second-order valence-corrected chi connectivity index (χ2v) is 7.02. The van der Waals surface area contributed by atoms with Crippen LogP contribution in [0.5, 0.6) is 0 Å². The van der Waals surface area contributed by atoms with Gasteiger partial charge >= 0.3 is 5.97 Å². The summed E-state index contributed by atoms with van der Waals surface area (Å²) in [5.74, 6) is 0.493. The monoisotopic (exact) mass is 339 g/mol. The number of hydrogen-bond donors (Lipinski definition) is 2. The molecule has 3 aromatic rings. The second kappa shape index (κ2) is 6.20. The molecule has 24 heavy (non-hydrogen) atoms. The van der Waals surface area contributed by atoms with Gasteiger partial charge in [0.25, 0.3) is 0 Å². The number of aryl methyl sites for hydroxylation is 2. The van der Waals surface area contributed by atoms with Gasteiger partial charge in [-0.05, 0) is 30.4 Å². The van der Waals surface area contributed by atoms with Crippen molar-refractivity contribution in [1.82, 2.24) is 9.97 Å². The molecule has 0 aliphatic heterocycles. The molecule has 2 aromatic heterocycles. The Labute approximate surface area is 143 Å². The van der Waals surface area contributed by atoms with Crippen molar-refractivity contribution < 1.29 is 9.90 Å². The number of nitrogens with zero attached hydrogens (tertiary/aromatic N) is 2.